The number of nitrogens with zero attached hydrogens (tertiary/aromatic N) is 1. The maximum atomic E-state index is 13.2. The summed E-state index contributed by atoms with van der Waals surface area (Å²) in [5.74, 6) is 0.848. The fraction of sp³-hybridized carbons (Fsp3) is 0.696. The molecule has 1 aliphatic carbocycles. The van der Waals surface area contributed by atoms with E-state index >= 15 is 0 Å². The number of aryl methyl sites for hydroxylation is 3. The van der Waals surface area contributed by atoms with Gasteiger partial charge in [0.15, 0.2) is 0 Å². The van der Waals surface area contributed by atoms with E-state index in [1.165, 1.54) is 19.3 Å². The molecule has 162 valence electrons. The zero-order valence-electron chi connectivity index (χ0n) is 18.3. The highest BCUT2D eigenvalue weighted by atomic mass is 32.2. The lowest BCUT2D eigenvalue weighted by Crippen LogP contribution is -2.46. The first-order valence-electron chi connectivity index (χ1n) is 11.1. The van der Waals surface area contributed by atoms with Crippen molar-refractivity contribution < 1.29 is 13.2 Å². The van der Waals surface area contributed by atoms with E-state index < -0.39 is 10.0 Å². The van der Waals surface area contributed by atoms with Crippen LogP contribution in [-0.2, 0) is 14.8 Å². The van der Waals surface area contributed by atoms with E-state index in [1.54, 1.807) is 4.31 Å². The first-order chi connectivity index (χ1) is 13.7. The molecule has 1 aromatic carbocycles. The molecule has 3 rings (SSSR count). The van der Waals surface area contributed by atoms with Gasteiger partial charge in [0.2, 0.25) is 15.9 Å². The Balaban J connectivity index is 1.58. The maximum absolute atomic E-state index is 13.2. The van der Waals surface area contributed by atoms with E-state index in [-0.39, 0.29) is 11.8 Å². The number of hydrogen-bond donors (Lipinski definition) is 1. The third-order valence-electron chi connectivity index (χ3n) is 6.80. The Morgan fingerprint density at radius 1 is 1.00 bits per heavy atom. The molecule has 2 fully saturated rings. The molecule has 0 bridgehead atoms. The van der Waals surface area contributed by atoms with E-state index in [0.717, 1.165) is 35.4 Å². The summed E-state index contributed by atoms with van der Waals surface area (Å²) in [5, 5.41) is 3.24. The van der Waals surface area contributed by atoms with Gasteiger partial charge in [-0.2, -0.15) is 4.31 Å². The van der Waals surface area contributed by atoms with Crippen LogP contribution in [0.15, 0.2) is 17.0 Å². The third kappa shape index (κ3) is 5.02. The molecule has 2 aliphatic rings. The van der Waals surface area contributed by atoms with Crippen molar-refractivity contribution in [1.29, 1.82) is 0 Å². The Labute approximate surface area is 176 Å². The second-order valence-corrected chi connectivity index (χ2v) is 10.9. The molecule has 1 saturated heterocycles. The first-order valence-corrected chi connectivity index (χ1v) is 12.5. The number of carbonyl (C=O) groups excluding carboxylic acids is 1. The fourth-order valence-electron chi connectivity index (χ4n) is 5.10. The van der Waals surface area contributed by atoms with Crippen LogP contribution in [0.25, 0.3) is 0 Å². The van der Waals surface area contributed by atoms with Crippen LogP contribution < -0.4 is 5.32 Å². The molecule has 0 spiro atoms. The van der Waals surface area contributed by atoms with E-state index in [2.05, 4.69) is 12.2 Å². The van der Waals surface area contributed by atoms with Crippen LogP contribution in [0.1, 0.15) is 68.6 Å². The number of rotatable bonds is 5. The maximum Gasteiger partial charge on any atom is 0.243 e. The van der Waals surface area contributed by atoms with Gasteiger partial charge in [0.05, 0.1) is 4.90 Å². The predicted molar refractivity (Wildman–Crippen MR) is 116 cm³/mol. The largest absolute Gasteiger partial charge is 0.353 e. The van der Waals surface area contributed by atoms with Crippen molar-refractivity contribution in [2.45, 2.75) is 83.6 Å². The molecule has 5 nitrogen and oxygen atoms in total. The van der Waals surface area contributed by atoms with Crippen LogP contribution in [-0.4, -0.2) is 37.8 Å². The van der Waals surface area contributed by atoms with Crippen LogP contribution in [0.5, 0.6) is 0 Å². The Hall–Kier alpha value is -1.40. The molecule has 0 atom stereocenters. The highest BCUT2D eigenvalue weighted by Gasteiger charge is 2.34. The normalized spacial score (nSPS) is 24.4. The molecule has 0 radical (unpaired) electrons. The van der Waals surface area contributed by atoms with Crippen molar-refractivity contribution in [1.82, 2.24) is 9.62 Å². The highest BCUT2D eigenvalue weighted by molar-refractivity contribution is 7.89. The SMILES string of the molecule is CCC1CCC(NC(=O)C2CCN(S(=O)(=O)c3c(C)cc(C)cc3C)CC2)CC1. The molecule has 1 aromatic rings. The summed E-state index contributed by atoms with van der Waals surface area (Å²) < 4.78 is 28.0. The third-order valence-corrected chi connectivity index (χ3v) is 9.00. The van der Waals surface area contributed by atoms with Gasteiger partial charge in [0.25, 0.3) is 0 Å². The van der Waals surface area contributed by atoms with E-state index in [4.69, 9.17) is 0 Å². The minimum atomic E-state index is -3.52. The van der Waals surface area contributed by atoms with Gasteiger partial charge in [-0.1, -0.05) is 31.0 Å². The number of hydrogen-bond acceptors (Lipinski definition) is 3. The molecule has 0 aromatic heterocycles. The molecular formula is C23H36N2O3S. The van der Waals surface area contributed by atoms with Gasteiger partial charge in [-0.15, -0.1) is 0 Å². The van der Waals surface area contributed by atoms with Crippen molar-refractivity contribution in [2.24, 2.45) is 11.8 Å². The quantitative estimate of drug-likeness (QED) is 0.780. The fourth-order valence-corrected chi connectivity index (χ4v) is 6.98. The second-order valence-electron chi connectivity index (χ2n) is 9.04. The molecule has 1 aliphatic heterocycles. The smallest absolute Gasteiger partial charge is 0.243 e. The highest BCUT2D eigenvalue weighted by Crippen LogP contribution is 2.30. The standard InChI is InChI=1S/C23H36N2O3S/c1-5-19-6-8-21(9-7-19)24-23(26)20-10-12-25(13-11-20)29(27,28)22-17(3)14-16(2)15-18(22)4/h14-15,19-21H,5-13H2,1-4H3,(H,24,26). The average molecular weight is 421 g/mol. The number of amides is 1. The van der Waals surface area contributed by atoms with Crippen LogP contribution in [0, 0.1) is 32.6 Å². The Kier molecular flexibility index (Phi) is 7.05. The Bertz CT molecular complexity index is 811. The van der Waals surface area contributed by atoms with Gasteiger partial charge < -0.3 is 5.32 Å². The number of sulfonamides is 1. The topological polar surface area (TPSA) is 66.5 Å². The number of carbonyl (C=O) groups is 1. The Morgan fingerprint density at radius 3 is 2.07 bits per heavy atom. The average Bonchev–Trinajstić information content (AvgIpc) is 2.67. The van der Waals surface area contributed by atoms with Gasteiger partial charge in [-0.25, -0.2) is 8.42 Å². The van der Waals surface area contributed by atoms with Crippen molar-refractivity contribution >= 4 is 15.9 Å². The molecular weight excluding hydrogens is 384 g/mol. The van der Waals surface area contributed by atoms with Crippen molar-refractivity contribution in [3.8, 4) is 0 Å². The van der Waals surface area contributed by atoms with E-state index in [0.29, 0.717) is 36.9 Å². The lowest BCUT2D eigenvalue weighted by molar-refractivity contribution is -0.127. The van der Waals surface area contributed by atoms with Gasteiger partial charge in [-0.3, -0.25) is 4.79 Å². The van der Waals surface area contributed by atoms with Crippen LogP contribution >= 0.6 is 0 Å². The summed E-state index contributed by atoms with van der Waals surface area (Å²) in [5.41, 5.74) is 2.66. The van der Waals surface area contributed by atoms with Gasteiger partial charge in [0.1, 0.15) is 0 Å². The minimum absolute atomic E-state index is 0.0782. The summed E-state index contributed by atoms with van der Waals surface area (Å²) in [4.78, 5) is 13.1. The van der Waals surface area contributed by atoms with Crippen LogP contribution in [0.4, 0.5) is 0 Å². The van der Waals surface area contributed by atoms with Gasteiger partial charge in [-0.05, 0) is 76.3 Å². The summed E-state index contributed by atoms with van der Waals surface area (Å²) in [6, 6.07) is 4.14. The Morgan fingerprint density at radius 2 is 1.55 bits per heavy atom. The zero-order valence-corrected chi connectivity index (χ0v) is 19.1. The number of benzene rings is 1. The molecule has 1 amide bonds. The van der Waals surface area contributed by atoms with E-state index in [1.807, 2.05) is 32.9 Å². The summed E-state index contributed by atoms with van der Waals surface area (Å²) in [6.07, 6.45) is 6.97. The lowest BCUT2D eigenvalue weighted by Gasteiger charge is -2.33. The van der Waals surface area contributed by atoms with Gasteiger partial charge >= 0.3 is 0 Å². The summed E-state index contributed by atoms with van der Waals surface area (Å²) in [6.45, 7) is 8.77. The predicted octanol–water partition coefficient (Wildman–Crippen LogP) is 4.10. The van der Waals surface area contributed by atoms with Crippen molar-refractivity contribution in [2.75, 3.05) is 13.1 Å². The second kappa shape index (κ2) is 9.17. The minimum Gasteiger partial charge on any atom is -0.353 e. The van der Waals surface area contributed by atoms with Crippen LogP contribution in [0.2, 0.25) is 0 Å². The van der Waals surface area contributed by atoms with Gasteiger partial charge in [0, 0.05) is 25.0 Å². The molecule has 1 saturated carbocycles. The monoisotopic (exact) mass is 420 g/mol. The lowest BCUT2D eigenvalue weighted by atomic mass is 9.84. The van der Waals surface area contributed by atoms with Crippen LogP contribution in [0.3, 0.4) is 0 Å². The summed E-state index contributed by atoms with van der Waals surface area (Å²) in [7, 11) is -3.52. The molecule has 29 heavy (non-hydrogen) atoms. The van der Waals surface area contributed by atoms with Crippen molar-refractivity contribution in [3.05, 3.63) is 28.8 Å². The van der Waals surface area contributed by atoms with E-state index in [9.17, 15) is 13.2 Å². The molecule has 6 heteroatoms. The number of piperidine rings is 1. The summed E-state index contributed by atoms with van der Waals surface area (Å²) >= 11 is 0. The first kappa shape index (κ1) is 22.3. The van der Waals surface area contributed by atoms with Crippen molar-refractivity contribution in [3.63, 3.8) is 0 Å². The molecule has 1 heterocycles. The zero-order chi connectivity index (χ0) is 21.2. The number of nitrogens with one attached hydrogen (secondary N) is 1. The molecule has 0 unspecified atom stereocenters. The molecule has 1 N–H and O–H groups in total.